The fourth-order valence-electron chi connectivity index (χ4n) is 11.0. The maximum Gasteiger partial charge on any atom is 0.351 e. The van der Waals surface area contributed by atoms with Crippen molar-refractivity contribution in [3.8, 4) is 23.3 Å². The van der Waals surface area contributed by atoms with Gasteiger partial charge in [-0.2, -0.15) is 4.98 Å². The van der Waals surface area contributed by atoms with E-state index in [2.05, 4.69) is 69.9 Å². The summed E-state index contributed by atoms with van der Waals surface area (Å²) in [6.45, 7) is 5.84. The molecular formula is C48H53N6O15P3-2. The van der Waals surface area contributed by atoms with Crippen LogP contribution in [0.25, 0.3) is 5.57 Å². The Labute approximate surface area is 413 Å². The smallest absolute Gasteiger partial charge is 0.351 e. The van der Waals surface area contributed by atoms with Crippen molar-refractivity contribution < 1.29 is 65.8 Å². The number of phosphoric acid groups is 3. The zero-order valence-electron chi connectivity index (χ0n) is 39.3. The third-order valence-corrected chi connectivity index (χ3v) is 17.6. The van der Waals surface area contributed by atoms with Crippen LogP contribution in [0.5, 0.6) is 11.5 Å². The van der Waals surface area contributed by atoms with Gasteiger partial charge in [0, 0.05) is 90.2 Å². The average Bonchev–Trinajstić information content (AvgIpc) is 3.69. The van der Waals surface area contributed by atoms with Gasteiger partial charge < -0.3 is 54.6 Å². The van der Waals surface area contributed by atoms with Crippen molar-refractivity contribution in [1.29, 1.82) is 0 Å². The Kier molecular flexibility index (Phi) is 14.0. The lowest BCUT2D eigenvalue weighted by Crippen LogP contribution is -2.45. The highest BCUT2D eigenvalue weighted by atomic mass is 31.3. The van der Waals surface area contributed by atoms with Gasteiger partial charge in [-0.3, -0.25) is 23.1 Å². The molecule has 21 nitrogen and oxygen atoms in total. The Morgan fingerprint density at radius 3 is 2.49 bits per heavy atom. The lowest BCUT2D eigenvalue weighted by molar-refractivity contribution is -0.250. The molecule has 4 aromatic rings. The van der Waals surface area contributed by atoms with Gasteiger partial charge in [-0.25, -0.2) is 18.0 Å². The molecule has 3 aromatic carbocycles. The number of amides is 1. The topological polar surface area (TPSA) is 303 Å². The predicted octanol–water partition coefficient (Wildman–Crippen LogP) is 1.62. The van der Waals surface area contributed by atoms with Gasteiger partial charge in [-0.15, -0.1) is 0 Å². The fraction of sp³-hybridized carbons (Fsp3) is 0.458. The summed E-state index contributed by atoms with van der Waals surface area (Å²) >= 11 is 0. The third kappa shape index (κ3) is 10.4. The summed E-state index contributed by atoms with van der Waals surface area (Å²) in [6, 6.07) is 10.8. The number of aromatic nitrogens is 2. The van der Waals surface area contributed by atoms with E-state index in [-0.39, 0.29) is 23.7 Å². The number of nitrogens with two attached hydrogens (primary N) is 1. The lowest BCUT2D eigenvalue weighted by atomic mass is 9.81. The normalized spacial score (nSPS) is 22.1. The molecule has 0 saturated carbocycles. The number of phosphoric ester groups is 1. The van der Waals surface area contributed by atoms with Crippen molar-refractivity contribution in [3.63, 3.8) is 0 Å². The first-order valence-corrected chi connectivity index (χ1v) is 28.5. The molecule has 6 unspecified atom stereocenters. The molecule has 6 aliphatic heterocycles. The van der Waals surface area contributed by atoms with Crippen LogP contribution >= 0.6 is 23.5 Å². The number of nitrogens with one attached hydrogen (secondary N) is 1. The number of rotatable bonds is 14. The number of carbonyl (C=O) groups excluding carboxylic acids is 1. The van der Waals surface area contributed by atoms with E-state index in [9.17, 15) is 43.1 Å². The number of benzene rings is 3. The molecule has 0 aliphatic carbocycles. The quantitative estimate of drug-likeness (QED) is 0.0532. The molecule has 0 spiro atoms. The minimum atomic E-state index is -6.12. The largest absolute Gasteiger partial charge is 0.756 e. The number of nitrogens with zero attached hydrogens (tertiary/aromatic N) is 4. The summed E-state index contributed by atoms with van der Waals surface area (Å²) in [6.07, 6.45) is 6.96. The maximum absolute atomic E-state index is 13.6. The number of aryl methyl sites for hydroxylation is 3. The molecular weight excluding hydrogens is 993 g/mol. The molecule has 1 fully saturated rings. The first-order valence-electron chi connectivity index (χ1n) is 24.1. The zero-order chi connectivity index (χ0) is 50.7. The number of hydrogen-bond donors (Lipinski definition) is 4. The van der Waals surface area contributed by atoms with Gasteiger partial charge in [0.2, 0.25) is 5.36 Å². The number of unbranched alkanes of at least 4 members (excludes halogenated alkanes) is 2. The van der Waals surface area contributed by atoms with Gasteiger partial charge in [0.05, 0.1) is 23.8 Å². The van der Waals surface area contributed by atoms with Crippen molar-refractivity contribution in [3.05, 3.63) is 108 Å². The van der Waals surface area contributed by atoms with Gasteiger partial charge in [0.25, 0.3) is 29.4 Å². The van der Waals surface area contributed by atoms with E-state index in [1.165, 1.54) is 45.1 Å². The number of fused-ring (bicyclic) bond motifs is 4. The molecule has 6 aliphatic rings. The molecule has 10 rings (SSSR count). The van der Waals surface area contributed by atoms with Crippen molar-refractivity contribution in [1.82, 2.24) is 19.4 Å². The summed E-state index contributed by atoms with van der Waals surface area (Å²) in [5, 5.41) is 16.2. The highest BCUT2D eigenvalue weighted by Crippen LogP contribution is 2.61. The number of hydrogen-bond acceptors (Lipinski definition) is 17. The number of aliphatic hydroxyl groups is 1. The van der Waals surface area contributed by atoms with E-state index in [1.54, 1.807) is 0 Å². The molecule has 24 heteroatoms. The third-order valence-electron chi connectivity index (χ3n) is 13.9. The molecule has 382 valence electrons. The highest BCUT2D eigenvalue weighted by Gasteiger charge is 2.39. The highest BCUT2D eigenvalue weighted by molar-refractivity contribution is 7.65. The second kappa shape index (κ2) is 20.0. The number of aliphatic hydroxyl groups excluding tert-OH is 1. The minimum Gasteiger partial charge on any atom is -0.756 e. The molecule has 72 heavy (non-hydrogen) atoms. The fourth-order valence-corrected chi connectivity index (χ4v) is 13.9. The number of anilines is 2. The molecule has 5 N–H and O–H groups in total. The first-order chi connectivity index (χ1) is 34.3. The van der Waals surface area contributed by atoms with Crippen molar-refractivity contribution in [2.45, 2.75) is 102 Å². The van der Waals surface area contributed by atoms with Crippen molar-refractivity contribution in [2.75, 3.05) is 50.0 Å². The van der Waals surface area contributed by atoms with Crippen LogP contribution in [0.2, 0.25) is 0 Å². The molecule has 1 amide bonds. The number of nitrogen functional groups attached to an aromatic ring is 1. The first kappa shape index (κ1) is 50.5. The summed E-state index contributed by atoms with van der Waals surface area (Å²) in [5.74, 6) is 7.45. The molecule has 1 aromatic heterocycles. The lowest BCUT2D eigenvalue weighted by Gasteiger charge is -2.39. The minimum absolute atomic E-state index is 0.132. The summed E-state index contributed by atoms with van der Waals surface area (Å²) in [4.78, 5) is 75.4. The number of carbonyl (C=O) groups is 1. The maximum atomic E-state index is 13.6. The Morgan fingerprint density at radius 2 is 1.71 bits per heavy atom. The Hall–Kier alpha value is -5.03. The van der Waals surface area contributed by atoms with Crippen LogP contribution in [0.4, 0.5) is 11.5 Å². The van der Waals surface area contributed by atoms with Crippen molar-refractivity contribution >= 4 is 46.5 Å². The van der Waals surface area contributed by atoms with E-state index in [0.29, 0.717) is 31.4 Å². The van der Waals surface area contributed by atoms with E-state index in [1.807, 2.05) is 12.1 Å². The second-order valence-corrected chi connectivity index (χ2v) is 23.2. The molecule has 6 atom stereocenters. The standard InChI is InChI=1S/C48H55N6O15P3/c1-28-22-31(15-16-34(28)40-37-23-29-11-6-18-52-20-8-13-35(41(29)52)43(37)67-44-36-14-9-21-53-19-7-12-30(42(36)53)24-38(40)44)46(56)50-17-5-3-2-4-10-32-26-54(48(57)51-45(32)49)47-39(55)25-33(66-47)27-65-71(61,62)69-72(63,64)68-70(58,59)60/h15-16,22-24,26,33,39,47,55H,2-3,5-9,11-14,17-21,25,27H2,1H3,(H6-,49,50,51,56,57,58,59,60,61,62,63,64)/p-2. The Morgan fingerprint density at radius 1 is 0.958 bits per heavy atom. The monoisotopic (exact) mass is 1050 g/mol. The van der Waals surface area contributed by atoms with Gasteiger partial charge in [0.1, 0.15) is 36.5 Å². The van der Waals surface area contributed by atoms with Crippen LogP contribution in [0, 0.1) is 18.8 Å². The van der Waals surface area contributed by atoms with Crippen LogP contribution < -0.4 is 56.2 Å². The molecule has 7 heterocycles. The van der Waals surface area contributed by atoms with Crippen LogP contribution in [-0.2, 0) is 57.3 Å². The van der Waals surface area contributed by atoms with Crippen LogP contribution in [-0.4, -0.2) is 77.0 Å². The Balaban J connectivity index is 0.791. The predicted molar refractivity (Wildman–Crippen MR) is 255 cm³/mol. The van der Waals surface area contributed by atoms with Crippen LogP contribution in [0.3, 0.4) is 0 Å². The van der Waals surface area contributed by atoms with Crippen LogP contribution in [0.1, 0.15) is 112 Å². The molecule has 0 bridgehead atoms. The summed E-state index contributed by atoms with van der Waals surface area (Å²) < 4.78 is 61.7. The van der Waals surface area contributed by atoms with Gasteiger partial charge in [-0.05, 0) is 99.2 Å². The number of ether oxygens (including phenoxy) is 2. The zero-order valence-corrected chi connectivity index (χ0v) is 42.0. The van der Waals surface area contributed by atoms with E-state index < -0.39 is 54.2 Å². The van der Waals surface area contributed by atoms with E-state index in [4.69, 9.17) is 20.1 Å². The Bertz CT molecular complexity index is 3310. The van der Waals surface area contributed by atoms with Gasteiger partial charge in [0.15, 0.2) is 6.23 Å². The van der Waals surface area contributed by atoms with Crippen molar-refractivity contribution in [2.24, 2.45) is 0 Å². The SMILES string of the molecule is Cc1cc(C(=O)NCCCCC#Cc2cn(C3OC(COP(=O)([O-])OP(=O)([O-])OP(=O)([O-])O)CC3O)c(=O)nc2N)ccc1C1=c2cc3c4c(c2Oc2c1cc1c5c2CCCN5CCC1)CCC[N+]=4CCC3. The van der Waals surface area contributed by atoms with Gasteiger partial charge in [-0.1, -0.05) is 17.9 Å². The second-order valence-electron chi connectivity index (χ2n) is 18.9. The van der Waals surface area contributed by atoms with Crippen LogP contribution in [0.15, 0.2) is 41.3 Å². The molecule has 1 saturated heterocycles. The average molecular weight is 1050 g/mol. The summed E-state index contributed by atoms with van der Waals surface area (Å²) in [7, 11) is -17.8. The van der Waals surface area contributed by atoms with E-state index >= 15 is 0 Å². The summed E-state index contributed by atoms with van der Waals surface area (Å²) in [5.41, 5.74) is 17.0. The van der Waals surface area contributed by atoms with Gasteiger partial charge >= 0.3 is 5.69 Å². The molecule has 0 radical (unpaired) electrons. The van der Waals surface area contributed by atoms with E-state index in [0.717, 1.165) is 116 Å².